The van der Waals surface area contributed by atoms with E-state index in [1.54, 1.807) is 8.25 Å². The number of hydrogen-bond donors (Lipinski definition) is 0. The first-order chi connectivity index (χ1) is 3.13. The van der Waals surface area contributed by atoms with Crippen LogP contribution < -0.4 is 0 Å². The number of halogens is 2. The molecule has 0 radical (unpaired) electrons. The van der Waals surface area contributed by atoms with Crippen LogP contribution in [0.1, 0.15) is 6.92 Å². The maximum atomic E-state index is 10.2. The van der Waals surface area contributed by atoms with Crippen LogP contribution in [0.15, 0.2) is 0 Å². The Kier molecular flexibility index (Phi) is 4.64. The van der Waals surface area contributed by atoms with Gasteiger partial charge in [0.05, 0.1) is 6.54 Å². The van der Waals surface area contributed by atoms with E-state index in [1.165, 1.54) is 0 Å². The molecule has 0 atom stereocenters. The van der Waals surface area contributed by atoms with Crippen LogP contribution in [0.2, 0.25) is 0 Å². The summed E-state index contributed by atoms with van der Waals surface area (Å²) in [4.78, 5) is 10.2. The van der Waals surface area contributed by atoms with Crippen LogP contribution in [0.4, 0.5) is 0 Å². The number of carbonyl (C=O) groups is 1. The summed E-state index contributed by atoms with van der Waals surface area (Å²) >= 11 is 4.11. The van der Waals surface area contributed by atoms with Crippen molar-refractivity contribution in [2.24, 2.45) is 0 Å². The smallest absolute Gasteiger partial charge is 0.145 e. The zero-order valence-corrected chi connectivity index (χ0v) is 8.13. The first-order valence-electron chi connectivity index (χ1n) is 1.71. The summed E-state index contributed by atoms with van der Waals surface area (Å²) in [7, 11) is 0. The number of rotatable bonds is 2. The molecule has 7 heavy (non-hydrogen) atoms. The van der Waals surface area contributed by atoms with Crippen molar-refractivity contribution >= 4 is 51.5 Å². The third-order valence-electron chi connectivity index (χ3n) is 0.342. The van der Waals surface area contributed by atoms with Gasteiger partial charge in [0.25, 0.3) is 0 Å². The van der Waals surface area contributed by atoms with Crippen LogP contribution >= 0.6 is 45.7 Å². The quantitative estimate of drug-likeness (QED) is 0.568. The average Bonchev–Trinajstić information content (AvgIpc) is 1.27. The van der Waals surface area contributed by atoms with Gasteiger partial charge < -0.3 is 0 Å². The number of hydrogen-bond acceptors (Lipinski definition) is 2. The Bertz CT molecular complexity index is 73.3. The molecule has 0 aliphatic heterocycles. The fourth-order valence-electron chi connectivity index (χ4n) is 0.168. The van der Waals surface area contributed by atoms with Crippen LogP contribution in [-0.2, 0) is 4.79 Å². The molecule has 42 valence electrons. The third kappa shape index (κ3) is 7.09. The molecular formula is C3H5I2NO. The molecule has 0 spiro atoms. The molecule has 0 fully saturated rings. The van der Waals surface area contributed by atoms with Crippen LogP contribution in [0.25, 0.3) is 0 Å². The minimum atomic E-state index is 0.198. The van der Waals surface area contributed by atoms with Gasteiger partial charge in [0.2, 0.25) is 0 Å². The Balaban J connectivity index is 3.13. The molecule has 0 heterocycles. The SMILES string of the molecule is CC(=O)CN(I)I. The standard InChI is InChI=1S/C3H5I2NO/c1-3(7)2-6(4)5/h2H2,1H3. The molecule has 0 saturated carbocycles. The fourth-order valence-corrected chi connectivity index (χ4v) is 1.13. The lowest BCUT2D eigenvalue weighted by Crippen LogP contribution is -2.07. The molecule has 0 aromatic carbocycles. The number of nitrogens with zero attached hydrogens (tertiary/aromatic N) is 1. The lowest BCUT2D eigenvalue weighted by Gasteiger charge is -1.97. The first-order valence-corrected chi connectivity index (χ1v) is 3.64. The van der Waals surface area contributed by atoms with Crippen molar-refractivity contribution in [1.82, 2.24) is 1.33 Å². The Hall–Kier alpha value is 1.09. The molecular weight excluding hydrogens is 320 g/mol. The summed E-state index contributed by atoms with van der Waals surface area (Å²) in [5.41, 5.74) is 0. The maximum Gasteiger partial charge on any atom is 0.145 e. The molecule has 0 rings (SSSR count). The van der Waals surface area contributed by atoms with Gasteiger partial charge in [-0.15, -0.1) is 0 Å². The highest BCUT2D eigenvalue weighted by Crippen LogP contribution is 2.04. The minimum Gasteiger partial charge on any atom is -0.299 e. The molecule has 0 aliphatic rings. The highest BCUT2D eigenvalue weighted by molar-refractivity contribution is 14.2. The fraction of sp³-hybridized carbons (Fsp3) is 0.667. The summed E-state index contributed by atoms with van der Waals surface area (Å²) in [5.74, 6) is 0.198. The van der Waals surface area contributed by atoms with Gasteiger partial charge in [0.1, 0.15) is 5.78 Å². The van der Waals surface area contributed by atoms with E-state index in [0.717, 1.165) is 0 Å². The normalized spacial score (nSPS) is 9.71. The van der Waals surface area contributed by atoms with Gasteiger partial charge in [-0.25, -0.2) is 0 Å². The molecule has 0 amide bonds. The Morgan fingerprint density at radius 2 is 2.14 bits per heavy atom. The Morgan fingerprint density at radius 3 is 2.14 bits per heavy atom. The molecule has 4 heteroatoms. The lowest BCUT2D eigenvalue weighted by atomic mass is 10.5. The van der Waals surface area contributed by atoms with E-state index in [1.807, 2.05) is 0 Å². The second-order valence-electron chi connectivity index (χ2n) is 1.16. The van der Waals surface area contributed by atoms with Crippen molar-refractivity contribution in [2.45, 2.75) is 6.92 Å². The highest BCUT2D eigenvalue weighted by Gasteiger charge is 1.95. The number of Topliss-reactive ketones (excluding diaryl/α,β-unsaturated/α-hetero) is 1. The van der Waals surface area contributed by atoms with Gasteiger partial charge in [-0.05, 0) is 6.92 Å². The molecule has 0 N–H and O–H groups in total. The van der Waals surface area contributed by atoms with Gasteiger partial charge >= 0.3 is 0 Å². The largest absolute Gasteiger partial charge is 0.299 e. The van der Waals surface area contributed by atoms with E-state index in [0.29, 0.717) is 6.54 Å². The summed E-state index contributed by atoms with van der Waals surface area (Å²) in [6.07, 6.45) is 0. The first kappa shape index (κ1) is 8.09. The van der Waals surface area contributed by atoms with Crippen molar-refractivity contribution in [3.8, 4) is 0 Å². The highest BCUT2D eigenvalue weighted by atomic mass is 127. The van der Waals surface area contributed by atoms with Crippen LogP contribution in [-0.4, -0.2) is 13.7 Å². The van der Waals surface area contributed by atoms with E-state index in [4.69, 9.17) is 0 Å². The van der Waals surface area contributed by atoms with E-state index in [2.05, 4.69) is 45.7 Å². The van der Waals surface area contributed by atoms with Crippen molar-refractivity contribution < 1.29 is 4.79 Å². The van der Waals surface area contributed by atoms with Gasteiger partial charge in [-0.2, -0.15) is 1.33 Å². The molecule has 0 unspecified atom stereocenters. The lowest BCUT2D eigenvalue weighted by molar-refractivity contribution is -0.116. The molecule has 2 nitrogen and oxygen atoms in total. The van der Waals surface area contributed by atoms with Crippen molar-refractivity contribution in [2.75, 3.05) is 6.54 Å². The van der Waals surface area contributed by atoms with Crippen molar-refractivity contribution in [1.29, 1.82) is 0 Å². The second kappa shape index (κ2) is 4.02. The van der Waals surface area contributed by atoms with Crippen LogP contribution in [0.3, 0.4) is 0 Å². The predicted octanol–water partition coefficient (Wildman–Crippen LogP) is 1.58. The molecule has 0 aromatic heterocycles. The number of ketones is 1. The number of carbonyl (C=O) groups excluding carboxylic acids is 1. The van der Waals surface area contributed by atoms with E-state index in [-0.39, 0.29) is 5.78 Å². The second-order valence-corrected chi connectivity index (χ2v) is 5.34. The topological polar surface area (TPSA) is 20.3 Å². The van der Waals surface area contributed by atoms with E-state index in [9.17, 15) is 4.79 Å². The van der Waals surface area contributed by atoms with Crippen LogP contribution in [0.5, 0.6) is 0 Å². The van der Waals surface area contributed by atoms with Crippen LogP contribution in [0, 0.1) is 0 Å². The van der Waals surface area contributed by atoms with Crippen molar-refractivity contribution in [3.63, 3.8) is 0 Å². The molecule has 0 bridgehead atoms. The minimum absolute atomic E-state index is 0.198. The molecule has 0 saturated heterocycles. The predicted molar refractivity (Wildman–Crippen MR) is 45.4 cm³/mol. The Morgan fingerprint density at radius 1 is 1.71 bits per heavy atom. The van der Waals surface area contributed by atoms with Gasteiger partial charge in [0.15, 0.2) is 0 Å². The van der Waals surface area contributed by atoms with Gasteiger partial charge in [-0.1, -0.05) is 0 Å². The summed E-state index contributed by atoms with van der Waals surface area (Å²) in [6.45, 7) is 2.10. The summed E-state index contributed by atoms with van der Waals surface area (Å²) in [6, 6.07) is 0. The monoisotopic (exact) mass is 325 g/mol. The van der Waals surface area contributed by atoms with E-state index < -0.39 is 0 Å². The summed E-state index contributed by atoms with van der Waals surface area (Å²) in [5, 5.41) is 0. The van der Waals surface area contributed by atoms with Gasteiger partial charge in [0, 0.05) is 45.7 Å². The molecule has 0 aliphatic carbocycles. The maximum absolute atomic E-state index is 10.2. The zero-order chi connectivity index (χ0) is 5.86. The van der Waals surface area contributed by atoms with E-state index >= 15 is 0 Å². The summed E-state index contributed by atoms with van der Waals surface area (Å²) < 4.78 is 1.79. The van der Waals surface area contributed by atoms with Crippen molar-refractivity contribution in [3.05, 3.63) is 0 Å². The third-order valence-corrected chi connectivity index (χ3v) is 1.02. The van der Waals surface area contributed by atoms with Gasteiger partial charge in [-0.3, -0.25) is 4.79 Å². The Labute approximate surface area is 70.6 Å². The molecule has 0 aromatic rings. The zero-order valence-electron chi connectivity index (χ0n) is 3.82. The average molecular weight is 325 g/mol.